The standard InChI is InChI=1S/C11H27N5O2/c1-15-8-18-10(5-3-7-13)16-11(17)9(14)4-2-6-12/h9-10,15H,2-8,12-14H2,1H3,(H,16,17). The van der Waals surface area contributed by atoms with Gasteiger partial charge in [0.2, 0.25) is 5.91 Å². The molecule has 0 aromatic heterocycles. The number of rotatable bonds is 11. The molecule has 0 saturated carbocycles. The Hall–Kier alpha value is -0.730. The lowest BCUT2D eigenvalue weighted by molar-refractivity contribution is -0.127. The second-order valence-corrected chi connectivity index (χ2v) is 4.13. The van der Waals surface area contributed by atoms with Gasteiger partial charge in [-0.2, -0.15) is 0 Å². The highest BCUT2D eigenvalue weighted by molar-refractivity contribution is 5.81. The van der Waals surface area contributed by atoms with Crippen LogP contribution in [0.1, 0.15) is 25.7 Å². The summed E-state index contributed by atoms with van der Waals surface area (Å²) in [5, 5.41) is 5.63. The number of ether oxygens (including phenoxy) is 1. The van der Waals surface area contributed by atoms with Crippen LogP contribution in [-0.4, -0.2) is 45.0 Å². The molecule has 0 heterocycles. The maximum atomic E-state index is 11.8. The molecule has 0 fully saturated rings. The van der Waals surface area contributed by atoms with Crippen LogP contribution in [0.5, 0.6) is 0 Å². The Kier molecular flexibility index (Phi) is 10.9. The van der Waals surface area contributed by atoms with Gasteiger partial charge in [0.1, 0.15) is 6.23 Å². The van der Waals surface area contributed by atoms with Crippen LogP contribution in [0.2, 0.25) is 0 Å². The predicted octanol–water partition coefficient (Wildman–Crippen LogP) is -1.57. The number of nitrogens with one attached hydrogen (secondary N) is 2. The SMILES string of the molecule is CNCOC(CCCN)NC(=O)C(N)CCCN. The van der Waals surface area contributed by atoms with Crippen molar-refractivity contribution in [2.45, 2.75) is 38.0 Å². The van der Waals surface area contributed by atoms with Gasteiger partial charge in [-0.1, -0.05) is 0 Å². The molecule has 18 heavy (non-hydrogen) atoms. The summed E-state index contributed by atoms with van der Waals surface area (Å²) >= 11 is 0. The molecule has 0 aliphatic rings. The molecule has 108 valence electrons. The zero-order chi connectivity index (χ0) is 13.8. The summed E-state index contributed by atoms with van der Waals surface area (Å²) in [6.45, 7) is 1.47. The minimum absolute atomic E-state index is 0.207. The van der Waals surface area contributed by atoms with Gasteiger partial charge in [-0.15, -0.1) is 0 Å². The van der Waals surface area contributed by atoms with Crippen LogP contribution in [0, 0.1) is 0 Å². The van der Waals surface area contributed by atoms with Crippen molar-refractivity contribution in [1.29, 1.82) is 0 Å². The Labute approximate surface area is 109 Å². The summed E-state index contributed by atoms with van der Waals surface area (Å²) in [5.41, 5.74) is 16.6. The average molecular weight is 261 g/mol. The number of hydrogen-bond acceptors (Lipinski definition) is 6. The van der Waals surface area contributed by atoms with Gasteiger partial charge in [0, 0.05) is 0 Å². The second kappa shape index (κ2) is 11.4. The molecular formula is C11H27N5O2. The molecule has 8 N–H and O–H groups in total. The first-order chi connectivity index (χ1) is 8.65. The van der Waals surface area contributed by atoms with Crippen molar-refractivity contribution in [2.75, 3.05) is 26.9 Å². The van der Waals surface area contributed by atoms with E-state index >= 15 is 0 Å². The third kappa shape index (κ3) is 8.37. The van der Waals surface area contributed by atoms with Gasteiger partial charge in [-0.3, -0.25) is 10.1 Å². The van der Waals surface area contributed by atoms with Crippen molar-refractivity contribution in [2.24, 2.45) is 17.2 Å². The van der Waals surface area contributed by atoms with Crippen LogP contribution in [0.4, 0.5) is 0 Å². The maximum Gasteiger partial charge on any atom is 0.238 e. The van der Waals surface area contributed by atoms with Gasteiger partial charge in [0.05, 0.1) is 12.8 Å². The molecule has 0 rings (SSSR count). The van der Waals surface area contributed by atoms with Gasteiger partial charge in [-0.05, 0) is 45.8 Å². The van der Waals surface area contributed by atoms with Crippen molar-refractivity contribution in [3.8, 4) is 0 Å². The Morgan fingerprint density at radius 2 is 1.83 bits per heavy atom. The lowest BCUT2D eigenvalue weighted by Gasteiger charge is -2.21. The van der Waals surface area contributed by atoms with E-state index in [0.717, 1.165) is 12.8 Å². The fraction of sp³-hybridized carbons (Fsp3) is 0.909. The van der Waals surface area contributed by atoms with E-state index in [0.29, 0.717) is 32.7 Å². The Morgan fingerprint density at radius 3 is 2.39 bits per heavy atom. The average Bonchev–Trinajstić information content (AvgIpc) is 2.38. The fourth-order valence-corrected chi connectivity index (χ4v) is 1.42. The molecule has 0 aliphatic heterocycles. The highest BCUT2D eigenvalue weighted by atomic mass is 16.5. The fourth-order valence-electron chi connectivity index (χ4n) is 1.42. The third-order valence-electron chi connectivity index (χ3n) is 2.46. The lowest BCUT2D eigenvalue weighted by Crippen LogP contribution is -2.47. The van der Waals surface area contributed by atoms with E-state index in [-0.39, 0.29) is 12.1 Å². The minimum atomic E-state index is -0.535. The molecule has 7 nitrogen and oxygen atoms in total. The number of carbonyl (C=O) groups excluding carboxylic acids is 1. The van der Waals surface area contributed by atoms with Gasteiger partial charge < -0.3 is 27.3 Å². The molecule has 0 radical (unpaired) electrons. The van der Waals surface area contributed by atoms with E-state index < -0.39 is 6.04 Å². The van der Waals surface area contributed by atoms with Crippen molar-refractivity contribution in [1.82, 2.24) is 10.6 Å². The zero-order valence-corrected chi connectivity index (χ0v) is 11.2. The van der Waals surface area contributed by atoms with E-state index in [9.17, 15) is 4.79 Å². The van der Waals surface area contributed by atoms with Crippen LogP contribution in [0.15, 0.2) is 0 Å². The summed E-state index contributed by atoms with van der Waals surface area (Å²) < 4.78 is 5.44. The number of amides is 1. The zero-order valence-electron chi connectivity index (χ0n) is 11.2. The molecule has 0 aromatic rings. The van der Waals surface area contributed by atoms with Crippen LogP contribution in [-0.2, 0) is 9.53 Å². The van der Waals surface area contributed by atoms with Crippen LogP contribution in [0.3, 0.4) is 0 Å². The van der Waals surface area contributed by atoms with Crippen molar-refractivity contribution < 1.29 is 9.53 Å². The summed E-state index contributed by atoms with van der Waals surface area (Å²) in [6.07, 6.45) is 2.43. The summed E-state index contributed by atoms with van der Waals surface area (Å²) in [7, 11) is 1.77. The Balaban J connectivity index is 4.06. The smallest absolute Gasteiger partial charge is 0.238 e. The van der Waals surface area contributed by atoms with Gasteiger partial charge in [-0.25, -0.2) is 0 Å². The minimum Gasteiger partial charge on any atom is -0.343 e. The number of nitrogens with two attached hydrogens (primary N) is 3. The van der Waals surface area contributed by atoms with Gasteiger partial charge >= 0.3 is 0 Å². The molecule has 0 aromatic carbocycles. The van der Waals surface area contributed by atoms with Gasteiger partial charge in [0.15, 0.2) is 0 Å². The molecule has 0 aliphatic carbocycles. The van der Waals surface area contributed by atoms with E-state index in [1.165, 1.54) is 0 Å². The summed E-state index contributed by atoms with van der Waals surface area (Å²) in [4.78, 5) is 11.8. The van der Waals surface area contributed by atoms with Crippen molar-refractivity contribution in [3.63, 3.8) is 0 Å². The largest absolute Gasteiger partial charge is 0.343 e. The lowest BCUT2D eigenvalue weighted by atomic mass is 10.1. The monoisotopic (exact) mass is 261 g/mol. The Bertz CT molecular complexity index is 208. The Morgan fingerprint density at radius 1 is 1.22 bits per heavy atom. The van der Waals surface area contributed by atoms with E-state index in [4.69, 9.17) is 21.9 Å². The topological polar surface area (TPSA) is 128 Å². The highest BCUT2D eigenvalue weighted by Gasteiger charge is 2.17. The molecule has 0 bridgehead atoms. The molecule has 1 amide bonds. The molecular weight excluding hydrogens is 234 g/mol. The first kappa shape index (κ1) is 17.3. The second-order valence-electron chi connectivity index (χ2n) is 4.13. The van der Waals surface area contributed by atoms with Crippen LogP contribution >= 0.6 is 0 Å². The van der Waals surface area contributed by atoms with Crippen LogP contribution < -0.4 is 27.8 Å². The van der Waals surface area contributed by atoms with E-state index in [1.807, 2.05) is 0 Å². The van der Waals surface area contributed by atoms with E-state index in [1.54, 1.807) is 7.05 Å². The van der Waals surface area contributed by atoms with Crippen molar-refractivity contribution >= 4 is 5.91 Å². The molecule has 2 atom stereocenters. The first-order valence-corrected chi connectivity index (χ1v) is 6.38. The number of hydrogen-bond donors (Lipinski definition) is 5. The molecule has 0 saturated heterocycles. The van der Waals surface area contributed by atoms with Crippen LogP contribution in [0.25, 0.3) is 0 Å². The normalized spacial score (nSPS) is 14.2. The maximum absolute atomic E-state index is 11.8. The number of carbonyl (C=O) groups is 1. The summed E-state index contributed by atoms with van der Waals surface area (Å²) in [5.74, 6) is -0.207. The van der Waals surface area contributed by atoms with E-state index in [2.05, 4.69) is 10.6 Å². The first-order valence-electron chi connectivity index (χ1n) is 6.38. The highest BCUT2D eigenvalue weighted by Crippen LogP contribution is 2.00. The molecule has 2 unspecified atom stereocenters. The predicted molar refractivity (Wildman–Crippen MR) is 71.5 cm³/mol. The quantitative estimate of drug-likeness (QED) is 0.286. The molecule has 0 spiro atoms. The summed E-state index contributed by atoms with van der Waals surface area (Å²) in [6, 6.07) is -0.535. The third-order valence-corrected chi connectivity index (χ3v) is 2.46. The van der Waals surface area contributed by atoms with Crippen molar-refractivity contribution in [3.05, 3.63) is 0 Å². The molecule has 7 heteroatoms. The van der Waals surface area contributed by atoms with Gasteiger partial charge in [0.25, 0.3) is 0 Å².